The molecule has 0 radical (unpaired) electrons. The molecule has 224 valence electrons. The first-order valence-electron chi connectivity index (χ1n) is 14.0. The van der Waals surface area contributed by atoms with Crippen molar-refractivity contribution in [3.63, 3.8) is 0 Å². The molecule has 1 heterocycles. The third kappa shape index (κ3) is 7.62. The van der Waals surface area contributed by atoms with Crippen LogP contribution in [0, 0.1) is 0 Å². The molecule has 1 amide bonds. The number of amides is 1. The third-order valence-corrected chi connectivity index (χ3v) is 6.60. The van der Waals surface area contributed by atoms with Gasteiger partial charge in [0.05, 0.1) is 40.2 Å². The van der Waals surface area contributed by atoms with Crippen LogP contribution in [0.3, 0.4) is 0 Å². The predicted molar refractivity (Wildman–Crippen MR) is 166 cm³/mol. The number of methoxy groups -OCH3 is 3. The van der Waals surface area contributed by atoms with Crippen LogP contribution in [-0.2, 0) is 4.79 Å². The number of ether oxygens (including phenoxy) is 5. The molecule has 0 saturated heterocycles. The standard InChI is InChI=1S/C34H36N2O7/c1-6-42-28-15-13-23(18-29(28)43-7-2)27(37)14-16-33(38)36-32-21-24(17-26(35-32)22-11-9-8-10-12-22)25-19-30(39-3)34(41-5)31(20-25)40-4/h8-13,15,17-21H,6-7,14,16H2,1-5H3,(H,35,36,38). The first-order chi connectivity index (χ1) is 20.9. The second-order valence-corrected chi connectivity index (χ2v) is 9.41. The number of rotatable bonds is 14. The van der Waals surface area contributed by atoms with Crippen LogP contribution in [0.4, 0.5) is 5.82 Å². The van der Waals surface area contributed by atoms with E-state index < -0.39 is 0 Å². The molecule has 0 bridgehead atoms. The lowest BCUT2D eigenvalue weighted by Crippen LogP contribution is -2.15. The first-order valence-corrected chi connectivity index (χ1v) is 14.0. The van der Waals surface area contributed by atoms with Crippen molar-refractivity contribution < 1.29 is 33.3 Å². The summed E-state index contributed by atoms with van der Waals surface area (Å²) in [5.41, 5.74) is 3.55. The molecule has 4 aromatic rings. The minimum Gasteiger partial charge on any atom is -0.493 e. The quantitative estimate of drug-likeness (QED) is 0.161. The summed E-state index contributed by atoms with van der Waals surface area (Å²) in [7, 11) is 4.66. The number of carbonyl (C=O) groups excluding carboxylic acids is 2. The van der Waals surface area contributed by atoms with Gasteiger partial charge in [-0.3, -0.25) is 9.59 Å². The number of Topliss-reactive ketones (excluding diaryl/α,β-unsaturated/α-hetero) is 1. The van der Waals surface area contributed by atoms with Crippen molar-refractivity contribution >= 4 is 17.5 Å². The number of benzene rings is 3. The fourth-order valence-electron chi connectivity index (χ4n) is 4.57. The van der Waals surface area contributed by atoms with E-state index in [9.17, 15) is 9.59 Å². The maximum absolute atomic E-state index is 13.0. The molecule has 0 spiro atoms. The van der Waals surface area contributed by atoms with Crippen molar-refractivity contribution in [3.8, 4) is 51.1 Å². The molecule has 0 aliphatic carbocycles. The van der Waals surface area contributed by atoms with Gasteiger partial charge in [0.2, 0.25) is 11.7 Å². The Morgan fingerprint density at radius 1 is 0.674 bits per heavy atom. The summed E-state index contributed by atoms with van der Waals surface area (Å²) in [6.45, 7) is 4.66. The van der Waals surface area contributed by atoms with Crippen LogP contribution in [0.5, 0.6) is 28.7 Å². The molecule has 4 rings (SSSR count). The van der Waals surface area contributed by atoms with Gasteiger partial charge >= 0.3 is 0 Å². The topological polar surface area (TPSA) is 105 Å². The summed E-state index contributed by atoms with van der Waals surface area (Å²) in [5.74, 6) is 2.39. The van der Waals surface area contributed by atoms with Gasteiger partial charge in [-0.2, -0.15) is 0 Å². The maximum atomic E-state index is 13.0. The lowest BCUT2D eigenvalue weighted by molar-refractivity contribution is -0.116. The second-order valence-electron chi connectivity index (χ2n) is 9.41. The molecule has 0 aliphatic rings. The molecule has 1 N–H and O–H groups in total. The van der Waals surface area contributed by atoms with Gasteiger partial charge in [-0.1, -0.05) is 30.3 Å². The molecule has 0 unspecified atom stereocenters. The Kier molecular flexibility index (Phi) is 10.6. The molecule has 0 aliphatic heterocycles. The highest BCUT2D eigenvalue weighted by molar-refractivity contribution is 6.00. The second kappa shape index (κ2) is 14.7. The van der Waals surface area contributed by atoms with Gasteiger partial charge in [-0.15, -0.1) is 0 Å². The molecule has 0 saturated carbocycles. The summed E-state index contributed by atoms with van der Waals surface area (Å²) >= 11 is 0. The first kappa shape index (κ1) is 30.9. The lowest BCUT2D eigenvalue weighted by atomic mass is 10.0. The zero-order valence-corrected chi connectivity index (χ0v) is 25.1. The van der Waals surface area contributed by atoms with E-state index in [0.29, 0.717) is 59.0 Å². The Balaban J connectivity index is 1.58. The fraction of sp³-hybridized carbons (Fsp3) is 0.265. The largest absolute Gasteiger partial charge is 0.493 e. The molecule has 3 aromatic carbocycles. The summed E-state index contributed by atoms with van der Waals surface area (Å²) in [5, 5.41) is 2.87. The van der Waals surface area contributed by atoms with Gasteiger partial charge in [0.15, 0.2) is 28.8 Å². The number of pyridine rings is 1. The number of hydrogen-bond acceptors (Lipinski definition) is 8. The van der Waals surface area contributed by atoms with Crippen molar-refractivity contribution in [2.24, 2.45) is 0 Å². The monoisotopic (exact) mass is 584 g/mol. The van der Waals surface area contributed by atoms with Crippen molar-refractivity contribution in [2.75, 3.05) is 39.9 Å². The van der Waals surface area contributed by atoms with Crippen LogP contribution in [0.1, 0.15) is 37.0 Å². The Labute approximate surface area is 251 Å². The number of ketones is 1. The van der Waals surface area contributed by atoms with Crippen molar-refractivity contribution in [1.82, 2.24) is 4.98 Å². The van der Waals surface area contributed by atoms with Crippen LogP contribution < -0.4 is 29.0 Å². The van der Waals surface area contributed by atoms with Crippen molar-refractivity contribution in [2.45, 2.75) is 26.7 Å². The highest BCUT2D eigenvalue weighted by Gasteiger charge is 2.17. The molecular formula is C34H36N2O7. The number of nitrogens with zero attached hydrogens (tertiary/aromatic N) is 1. The average Bonchev–Trinajstić information content (AvgIpc) is 3.04. The Morgan fingerprint density at radius 3 is 1.95 bits per heavy atom. The molecule has 9 heteroatoms. The normalized spacial score (nSPS) is 10.5. The van der Waals surface area contributed by atoms with E-state index in [1.165, 1.54) is 0 Å². The average molecular weight is 585 g/mol. The zero-order valence-electron chi connectivity index (χ0n) is 25.1. The molecule has 9 nitrogen and oxygen atoms in total. The smallest absolute Gasteiger partial charge is 0.225 e. The Morgan fingerprint density at radius 2 is 1.33 bits per heavy atom. The van der Waals surface area contributed by atoms with E-state index in [1.807, 2.05) is 62.4 Å². The summed E-state index contributed by atoms with van der Waals surface area (Å²) in [6.07, 6.45) is -0.00371. The summed E-state index contributed by atoms with van der Waals surface area (Å²) in [4.78, 5) is 30.7. The van der Waals surface area contributed by atoms with E-state index in [0.717, 1.165) is 16.7 Å². The van der Waals surface area contributed by atoms with Gasteiger partial charge in [0.25, 0.3) is 0 Å². The van der Waals surface area contributed by atoms with Gasteiger partial charge in [-0.05, 0) is 67.4 Å². The number of anilines is 1. The van der Waals surface area contributed by atoms with E-state index in [4.69, 9.17) is 28.7 Å². The molecule has 0 atom stereocenters. The van der Waals surface area contributed by atoms with E-state index in [1.54, 1.807) is 45.6 Å². The fourth-order valence-corrected chi connectivity index (χ4v) is 4.57. The number of carbonyl (C=O) groups is 2. The van der Waals surface area contributed by atoms with Crippen molar-refractivity contribution in [1.29, 1.82) is 0 Å². The molecule has 0 fully saturated rings. The van der Waals surface area contributed by atoms with Crippen LogP contribution in [-0.4, -0.2) is 51.2 Å². The lowest BCUT2D eigenvalue weighted by Gasteiger charge is -2.15. The van der Waals surface area contributed by atoms with E-state index >= 15 is 0 Å². The van der Waals surface area contributed by atoms with Crippen LogP contribution in [0.15, 0.2) is 72.8 Å². The molecule has 43 heavy (non-hydrogen) atoms. The van der Waals surface area contributed by atoms with Gasteiger partial charge in [0, 0.05) is 24.0 Å². The maximum Gasteiger partial charge on any atom is 0.225 e. The minimum absolute atomic E-state index is 0.0174. The third-order valence-electron chi connectivity index (χ3n) is 6.60. The van der Waals surface area contributed by atoms with Gasteiger partial charge in [0.1, 0.15) is 5.82 Å². The SMILES string of the molecule is CCOc1ccc(C(=O)CCC(=O)Nc2cc(-c3cc(OC)c(OC)c(OC)c3)cc(-c3ccccc3)n2)cc1OCC. The van der Waals surface area contributed by atoms with Crippen LogP contribution in [0.25, 0.3) is 22.4 Å². The molecule has 1 aromatic heterocycles. The van der Waals surface area contributed by atoms with E-state index in [-0.39, 0.29) is 24.5 Å². The Hall–Kier alpha value is -5.05. The Bertz CT molecular complexity index is 1550. The summed E-state index contributed by atoms with van der Waals surface area (Å²) in [6, 6.07) is 22.1. The van der Waals surface area contributed by atoms with Crippen molar-refractivity contribution in [3.05, 3.63) is 78.4 Å². The molecular weight excluding hydrogens is 548 g/mol. The number of nitrogens with one attached hydrogen (secondary N) is 1. The highest BCUT2D eigenvalue weighted by atomic mass is 16.5. The zero-order chi connectivity index (χ0) is 30.8. The van der Waals surface area contributed by atoms with E-state index in [2.05, 4.69) is 5.32 Å². The number of hydrogen-bond donors (Lipinski definition) is 1. The van der Waals surface area contributed by atoms with Crippen LogP contribution in [0.2, 0.25) is 0 Å². The van der Waals surface area contributed by atoms with Gasteiger partial charge < -0.3 is 29.0 Å². The summed E-state index contributed by atoms with van der Waals surface area (Å²) < 4.78 is 27.8. The van der Waals surface area contributed by atoms with Gasteiger partial charge in [-0.25, -0.2) is 4.98 Å². The number of aromatic nitrogens is 1. The predicted octanol–water partition coefficient (Wildman–Crippen LogP) is 6.84. The van der Waals surface area contributed by atoms with Crippen LogP contribution >= 0.6 is 0 Å². The highest BCUT2D eigenvalue weighted by Crippen LogP contribution is 2.42. The minimum atomic E-state index is -0.335.